The molecule has 1 aliphatic rings. The third kappa shape index (κ3) is 3.57. The predicted octanol–water partition coefficient (Wildman–Crippen LogP) is -0.423. The number of likely N-dealkylation sites (N-methyl/N-ethyl adjacent to an activating group) is 1. The smallest absolute Gasteiger partial charge is 0.238 e. The minimum atomic E-state index is -0.0695. The SMILES string of the molecule is CN1CCNC(C(=O)NCCc2cc[nH]c2)C1. The van der Waals surface area contributed by atoms with Crippen molar-refractivity contribution in [1.82, 2.24) is 20.5 Å². The molecular weight excluding hydrogens is 216 g/mol. The van der Waals surface area contributed by atoms with Crippen LogP contribution < -0.4 is 10.6 Å². The van der Waals surface area contributed by atoms with Crippen LogP contribution in [-0.4, -0.2) is 55.1 Å². The number of H-pyrrole nitrogens is 1. The van der Waals surface area contributed by atoms with Crippen LogP contribution in [-0.2, 0) is 11.2 Å². The second kappa shape index (κ2) is 5.84. The van der Waals surface area contributed by atoms with Crippen molar-refractivity contribution >= 4 is 5.91 Å². The summed E-state index contributed by atoms with van der Waals surface area (Å²) in [6.45, 7) is 3.37. The van der Waals surface area contributed by atoms with E-state index in [-0.39, 0.29) is 11.9 Å². The van der Waals surface area contributed by atoms with Crippen molar-refractivity contribution in [3.63, 3.8) is 0 Å². The summed E-state index contributed by atoms with van der Waals surface area (Å²) < 4.78 is 0. The molecule has 1 atom stereocenters. The Bertz CT molecular complexity index is 349. The number of amides is 1. The number of carbonyl (C=O) groups excluding carboxylic acids is 1. The van der Waals surface area contributed by atoms with Crippen LogP contribution in [0.15, 0.2) is 18.5 Å². The number of hydrogen-bond donors (Lipinski definition) is 3. The van der Waals surface area contributed by atoms with Crippen molar-refractivity contribution in [2.24, 2.45) is 0 Å². The molecule has 2 heterocycles. The monoisotopic (exact) mass is 236 g/mol. The van der Waals surface area contributed by atoms with Gasteiger partial charge in [0.2, 0.25) is 5.91 Å². The average Bonchev–Trinajstić information content (AvgIpc) is 2.82. The molecule has 1 amide bonds. The van der Waals surface area contributed by atoms with E-state index in [1.54, 1.807) is 0 Å². The fraction of sp³-hybridized carbons (Fsp3) is 0.583. The number of piperazine rings is 1. The second-order valence-corrected chi connectivity index (χ2v) is 4.53. The lowest BCUT2D eigenvalue weighted by Crippen LogP contribution is -2.56. The minimum absolute atomic E-state index is 0.0695. The van der Waals surface area contributed by atoms with Crippen LogP contribution in [0.4, 0.5) is 0 Å². The fourth-order valence-corrected chi connectivity index (χ4v) is 2.04. The highest BCUT2D eigenvalue weighted by Crippen LogP contribution is 1.98. The van der Waals surface area contributed by atoms with E-state index in [0.717, 1.165) is 26.1 Å². The van der Waals surface area contributed by atoms with Crippen molar-refractivity contribution in [2.75, 3.05) is 33.2 Å². The number of aromatic amines is 1. The van der Waals surface area contributed by atoms with E-state index in [1.807, 2.05) is 25.5 Å². The summed E-state index contributed by atoms with van der Waals surface area (Å²) in [5.74, 6) is 0.104. The van der Waals surface area contributed by atoms with Crippen molar-refractivity contribution in [3.05, 3.63) is 24.0 Å². The van der Waals surface area contributed by atoms with Crippen LogP contribution in [0.25, 0.3) is 0 Å². The van der Waals surface area contributed by atoms with Crippen LogP contribution >= 0.6 is 0 Å². The van der Waals surface area contributed by atoms with Crippen LogP contribution in [0.5, 0.6) is 0 Å². The Morgan fingerprint density at radius 1 is 1.65 bits per heavy atom. The number of nitrogens with one attached hydrogen (secondary N) is 3. The summed E-state index contributed by atoms with van der Waals surface area (Å²) in [5.41, 5.74) is 1.22. The quantitative estimate of drug-likeness (QED) is 0.665. The number of nitrogens with zero attached hydrogens (tertiary/aromatic N) is 1. The molecule has 0 aliphatic carbocycles. The lowest BCUT2D eigenvalue weighted by Gasteiger charge is -2.29. The van der Waals surface area contributed by atoms with Gasteiger partial charge in [-0.1, -0.05) is 0 Å². The Hall–Kier alpha value is -1.33. The summed E-state index contributed by atoms with van der Waals surface area (Å²) in [4.78, 5) is 17.0. The van der Waals surface area contributed by atoms with Gasteiger partial charge in [0.15, 0.2) is 0 Å². The molecule has 3 N–H and O–H groups in total. The first-order valence-electron chi connectivity index (χ1n) is 6.07. The summed E-state index contributed by atoms with van der Waals surface area (Å²) >= 11 is 0. The summed E-state index contributed by atoms with van der Waals surface area (Å²) in [5, 5.41) is 6.20. The standard InChI is InChI=1S/C12H20N4O/c1-16-7-6-14-11(9-16)12(17)15-5-3-10-2-4-13-8-10/h2,4,8,11,13-14H,3,5-7,9H2,1H3,(H,15,17). The predicted molar refractivity (Wildman–Crippen MR) is 66.8 cm³/mol. The molecule has 2 rings (SSSR count). The van der Waals surface area contributed by atoms with Gasteiger partial charge in [-0.3, -0.25) is 4.79 Å². The van der Waals surface area contributed by atoms with E-state index in [4.69, 9.17) is 0 Å². The lowest BCUT2D eigenvalue weighted by molar-refractivity contribution is -0.124. The molecule has 5 nitrogen and oxygen atoms in total. The summed E-state index contributed by atoms with van der Waals surface area (Å²) in [7, 11) is 2.04. The van der Waals surface area contributed by atoms with Gasteiger partial charge in [0.05, 0.1) is 6.04 Å². The van der Waals surface area contributed by atoms with Gasteiger partial charge in [-0.2, -0.15) is 0 Å². The van der Waals surface area contributed by atoms with Crippen molar-refractivity contribution in [1.29, 1.82) is 0 Å². The van der Waals surface area contributed by atoms with E-state index in [2.05, 4.69) is 20.5 Å². The minimum Gasteiger partial charge on any atom is -0.367 e. The van der Waals surface area contributed by atoms with E-state index in [1.165, 1.54) is 5.56 Å². The van der Waals surface area contributed by atoms with Crippen LogP contribution in [0.2, 0.25) is 0 Å². The largest absolute Gasteiger partial charge is 0.367 e. The third-order valence-electron chi connectivity index (χ3n) is 3.07. The lowest BCUT2D eigenvalue weighted by atomic mass is 10.2. The maximum absolute atomic E-state index is 11.9. The van der Waals surface area contributed by atoms with Crippen molar-refractivity contribution < 1.29 is 4.79 Å². The first kappa shape index (κ1) is 12.1. The second-order valence-electron chi connectivity index (χ2n) is 4.53. The number of carbonyl (C=O) groups is 1. The average molecular weight is 236 g/mol. The zero-order chi connectivity index (χ0) is 12.1. The van der Waals surface area contributed by atoms with Gasteiger partial charge in [0.25, 0.3) is 0 Å². The van der Waals surface area contributed by atoms with Crippen molar-refractivity contribution in [3.8, 4) is 0 Å². The molecule has 5 heteroatoms. The summed E-state index contributed by atoms with van der Waals surface area (Å²) in [6, 6.07) is 1.96. The normalized spacial score (nSPS) is 21.4. The molecule has 1 unspecified atom stereocenters. The Labute approximate surface area is 102 Å². The van der Waals surface area contributed by atoms with Gasteiger partial charge >= 0.3 is 0 Å². The molecule has 0 aromatic carbocycles. The molecule has 1 aromatic heterocycles. The van der Waals surface area contributed by atoms with Gasteiger partial charge in [-0.15, -0.1) is 0 Å². The Kier molecular flexibility index (Phi) is 4.17. The molecule has 94 valence electrons. The first-order chi connectivity index (χ1) is 8.25. The van der Waals surface area contributed by atoms with E-state index in [0.29, 0.717) is 6.54 Å². The van der Waals surface area contributed by atoms with Gasteiger partial charge in [0, 0.05) is 38.6 Å². The van der Waals surface area contributed by atoms with E-state index < -0.39 is 0 Å². The Morgan fingerprint density at radius 3 is 3.24 bits per heavy atom. The molecule has 1 fully saturated rings. The molecule has 1 aromatic rings. The Balaban J connectivity index is 1.70. The molecule has 0 bridgehead atoms. The molecular formula is C12H20N4O. The highest BCUT2D eigenvalue weighted by molar-refractivity contribution is 5.82. The van der Waals surface area contributed by atoms with Gasteiger partial charge in [-0.05, 0) is 25.1 Å². The number of aromatic nitrogens is 1. The van der Waals surface area contributed by atoms with Gasteiger partial charge in [-0.25, -0.2) is 0 Å². The highest BCUT2D eigenvalue weighted by Gasteiger charge is 2.22. The number of hydrogen-bond acceptors (Lipinski definition) is 3. The molecule has 0 spiro atoms. The highest BCUT2D eigenvalue weighted by atomic mass is 16.2. The molecule has 17 heavy (non-hydrogen) atoms. The summed E-state index contributed by atoms with van der Waals surface area (Å²) in [6.07, 6.45) is 4.73. The van der Waals surface area contributed by atoms with E-state index >= 15 is 0 Å². The Morgan fingerprint density at radius 2 is 2.53 bits per heavy atom. The maximum atomic E-state index is 11.9. The van der Waals surface area contributed by atoms with Gasteiger partial charge in [0.1, 0.15) is 0 Å². The first-order valence-corrected chi connectivity index (χ1v) is 6.07. The molecule has 0 radical (unpaired) electrons. The molecule has 1 aliphatic heterocycles. The van der Waals surface area contributed by atoms with Crippen LogP contribution in [0.3, 0.4) is 0 Å². The van der Waals surface area contributed by atoms with Gasteiger partial charge < -0.3 is 20.5 Å². The van der Waals surface area contributed by atoms with Crippen LogP contribution in [0.1, 0.15) is 5.56 Å². The zero-order valence-corrected chi connectivity index (χ0v) is 10.2. The van der Waals surface area contributed by atoms with Crippen LogP contribution in [0, 0.1) is 0 Å². The van der Waals surface area contributed by atoms with Crippen molar-refractivity contribution in [2.45, 2.75) is 12.5 Å². The molecule has 1 saturated heterocycles. The fourth-order valence-electron chi connectivity index (χ4n) is 2.04. The third-order valence-corrected chi connectivity index (χ3v) is 3.07. The van der Waals surface area contributed by atoms with E-state index in [9.17, 15) is 4.79 Å². The maximum Gasteiger partial charge on any atom is 0.238 e. The zero-order valence-electron chi connectivity index (χ0n) is 10.2. The topological polar surface area (TPSA) is 60.2 Å². The molecule has 0 saturated carbocycles. The number of rotatable bonds is 4.